The largest absolute Gasteiger partial charge is 0.341 e. The van der Waals surface area contributed by atoms with Crippen LogP contribution >= 0.6 is 24.0 Å². The summed E-state index contributed by atoms with van der Waals surface area (Å²) in [4.78, 5) is 27.1. The molecule has 25 heavy (non-hydrogen) atoms. The number of amides is 2. The lowest BCUT2D eigenvalue weighted by atomic mass is 10.0. The van der Waals surface area contributed by atoms with E-state index in [0.29, 0.717) is 10.6 Å². The number of hydrogen-bond acceptors (Lipinski definition) is 3. The second-order valence-corrected chi connectivity index (χ2v) is 6.65. The Bertz CT molecular complexity index is 560. The van der Waals surface area contributed by atoms with Gasteiger partial charge in [0.15, 0.2) is 0 Å². The van der Waals surface area contributed by atoms with Crippen LogP contribution in [0.2, 0.25) is 5.02 Å². The van der Waals surface area contributed by atoms with Gasteiger partial charge in [-0.1, -0.05) is 18.5 Å². The molecular weight excluding hydrogens is 361 g/mol. The molecule has 0 saturated carbocycles. The molecule has 0 spiro atoms. The summed E-state index contributed by atoms with van der Waals surface area (Å²) in [6.45, 7) is 6.41. The summed E-state index contributed by atoms with van der Waals surface area (Å²) in [5, 5.41) is 6.70. The zero-order valence-electron chi connectivity index (χ0n) is 14.8. The van der Waals surface area contributed by atoms with Crippen LogP contribution in [0.5, 0.6) is 0 Å². The first-order valence-electron chi connectivity index (χ1n) is 8.60. The minimum Gasteiger partial charge on any atom is -0.341 e. The van der Waals surface area contributed by atoms with Gasteiger partial charge in [-0.25, -0.2) is 0 Å². The molecule has 1 aliphatic rings. The fourth-order valence-corrected chi connectivity index (χ4v) is 3.15. The minimum absolute atomic E-state index is 0. The maximum atomic E-state index is 12.8. The lowest BCUT2D eigenvalue weighted by Crippen LogP contribution is -2.53. The van der Waals surface area contributed by atoms with Crippen LogP contribution in [0.4, 0.5) is 0 Å². The van der Waals surface area contributed by atoms with Crippen molar-refractivity contribution in [2.24, 2.45) is 0 Å². The van der Waals surface area contributed by atoms with E-state index in [4.69, 9.17) is 11.6 Å². The molecule has 1 aliphatic heterocycles. The maximum Gasteiger partial charge on any atom is 0.251 e. The van der Waals surface area contributed by atoms with Crippen LogP contribution in [-0.4, -0.2) is 48.4 Å². The second kappa shape index (κ2) is 10.6. The summed E-state index contributed by atoms with van der Waals surface area (Å²) in [6, 6.07) is 6.36. The highest BCUT2D eigenvalue weighted by atomic mass is 35.5. The molecule has 1 aromatic carbocycles. The Morgan fingerprint density at radius 1 is 1.28 bits per heavy atom. The molecule has 2 amide bonds. The maximum absolute atomic E-state index is 12.8. The highest BCUT2D eigenvalue weighted by Gasteiger charge is 2.28. The molecule has 2 N–H and O–H groups in total. The predicted octanol–water partition coefficient (Wildman–Crippen LogP) is 2.87. The second-order valence-electron chi connectivity index (χ2n) is 6.21. The molecule has 0 aromatic heterocycles. The minimum atomic E-state index is -0.547. The standard InChI is InChI=1S/C18H26ClN3O2.ClH/c1-3-12-22(16-8-10-20-11-9-16)18(24)13(2)21-17(23)14-4-6-15(19)7-5-14;/h4-7,13,16,20H,3,8-12H2,1-2H3,(H,21,23);1H. The Hall–Kier alpha value is -1.30. The molecule has 1 aromatic rings. The number of halogens is 2. The fourth-order valence-electron chi connectivity index (χ4n) is 3.02. The van der Waals surface area contributed by atoms with Gasteiger partial charge in [0.05, 0.1) is 0 Å². The lowest BCUT2D eigenvalue weighted by molar-refractivity contribution is -0.135. The molecule has 1 saturated heterocycles. The van der Waals surface area contributed by atoms with Gasteiger partial charge in [-0.15, -0.1) is 12.4 Å². The lowest BCUT2D eigenvalue weighted by Gasteiger charge is -2.36. The topological polar surface area (TPSA) is 61.4 Å². The van der Waals surface area contributed by atoms with Gasteiger partial charge in [0.2, 0.25) is 5.91 Å². The average molecular weight is 388 g/mol. The smallest absolute Gasteiger partial charge is 0.251 e. The average Bonchev–Trinajstić information content (AvgIpc) is 2.60. The number of nitrogens with one attached hydrogen (secondary N) is 2. The van der Waals surface area contributed by atoms with Crippen LogP contribution in [0, 0.1) is 0 Å². The molecule has 1 heterocycles. The van der Waals surface area contributed by atoms with Crippen LogP contribution < -0.4 is 10.6 Å². The van der Waals surface area contributed by atoms with E-state index in [1.54, 1.807) is 31.2 Å². The molecule has 5 nitrogen and oxygen atoms in total. The van der Waals surface area contributed by atoms with Gasteiger partial charge in [0, 0.05) is 23.2 Å². The number of rotatable bonds is 6. The van der Waals surface area contributed by atoms with Crippen LogP contribution in [0.15, 0.2) is 24.3 Å². The number of nitrogens with zero attached hydrogens (tertiary/aromatic N) is 1. The quantitative estimate of drug-likeness (QED) is 0.788. The first kappa shape index (κ1) is 21.7. The van der Waals surface area contributed by atoms with Gasteiger partial charge in [-0.05, 0) is 63.5 Å². The van der Waals surface area contributed by atoms with Crippen LogP contribution in [-0.2, 0) is 4.79 Å². The zero-order chi connectivity index (χ0) is 17.5. The molecule has 0 aliphatic carbocycles. The Morgan fingerprint density at radius 2 is 1.88 bits per heavy atom. The normalized spacial score (nSPS) is 15.8. The summed E-state index contributed by atoms with van der Waals surface area (Å²) in [5.41, 5.74) is 0.503. The zero-order valence-corrected chi connectivity index (χ0v) is 16.3. The van der Waals surface area contributed by atoms with Crippen molar-refractivity contribution < 1.29 is 9.59 Å². The highest BCUT2D eigenvalue weighted by Crippen LogP contribution is 2.14. The third kappa shape index (κ3) is 6.17. The molecule has 140 valence electrons. The Kier molecular flexibility index (Phi) is 9.25. The van der Waals surface area contributed by atoms with E-state index in [2.05, 4.69) is 17.6 Å². The van der Waals surface area contributed by atoms with E-state index >= 15 is 0 Å². The first-order valence-corrected chi connectivity index (χ1v) is 8.98. The summed E-state index contributed by atoms with van der Waals surface area (Å²) in [7, 11) is 0. The van der Waals surface area contributed by atoms with E-state index in [1.165, 1.54) is 0 Å². The molecule has 0 bridgehead atoms. The Balaban J connectivity index is 0.00000312. The SMILES string of the molecule is CCCN(C(=O)C(C)NC(=O)c1ccc(Cl)cc1)C1CCNCC1.Cl. The predicted molar refractivity (Wildman–Crippen MR) is 104 cm³/mol. The third-order valence-electron chi connectivity index (χ3n) is 4.32. The van der Waals surface area contributed by atoms with Gasteiger partial charge in [-0.3, -0.25) is 9.59 Å². The molecular formula is C18H27Cl2N3O2. The van der Waals surface area contributed by atoms with Crippen molar-refractivity contribution in [1.82, 2.24) is 15.5 Å². The van der Waals surface area contributed by atoms with Crippen molar-refractivity contribution >= 4 is 35.8 Å². The number of carbonyl (C=O) groups is 2. The molecule has 1 unspecified atom stereocenters. The Labute approximate surface area is 160 Å². The first-order chi connectivity index (χ1) is 11.5. The van der Waals surface area contributed by atoms with Crippen molar-refractivity contribution in [3.63, 3.8) is 0 Å². The third-order valence-corrected chi connectivity index (χ3v) is 4.57. The van der Waals surface area contributed by atoms with Gasteiger partial charge in [0.25, 0.3) is 5.91 Å². The van der Waals surface area contributed by atoms with Crippen molar-refractivity contribution in [3.8, 4) is 0 Å². The van der Waals surface area contributed by atoms with E-state index in [1.807, 2.05) is 4.90 Å². The molecule has 1 fully saturated rings. The van der Waals surface area contributed by atoms with Crippen LogP contribution in [0.1, 0.15) is 43.5 Å². The summed E-state index contributed by atoms with van der Waals surface area (Å²) in [5.74, 6) is -0.264. The number of piperidine rings is 1. The van der Waals surface area contributed by atoms with Gasteiger partial charge in [0.1, 0.15) is 6.04 Å². The van der Waals surface area contributed by atoms with Gasteiger partial charge >= 0.3 is 0 Å². The number of hydrogen-bond donors (Lipinski definition) is 2. The van der Waals surface area contributed by atoms with E-state index in [9.17, 15) is 9.59 Å². The van der Waals surface area contributed by atoms with Gasteiger partial charge < -0.3 is 15.5 Å². The molecule has 7 heteroatoms. The monoisotopic (exact) mass is 387 g/mol. The molecule has 2 rings (SSSR count). The summed E-state index contributed by atoms with van der Waals surface area (Å²) in [6.07, 6.45) is 2.83. The van der Waals surface area contributed by atoms with Crippen molar-refractivity contribution in [2.45, 2.75) is 45.2 Å². The van der Waals surface area contributed by atoms with Crippen molar-refractivity contribution in [3.05, 3.63) is 34.9 Å². The fraction of sp³-hybridized carbons (Fsp3) is 0.556. The van der Waals surface area contributed by atoms with Crippen molar-refractivity contribution in [2.75, 3.05) is 19.6 Å². The summed E-state index contributed by atoms with van der Waals surface area (Å²) < 4.78 is 0. The summed E-state index contributed by atoms with van der Waals surface area (Å²) >= 11 is 5.84. The highest BCUT2D eigenvalue weighted by molar-refractivity contribution is 6.30. The molecule has 1 atom stereocenters. The number of carbonyl (C=O) groups excluding carboxylic acids is 2. The van der Waals surface area contributed by atoms with Gasteiger partial charge in [-0.2, -0.15) is 0 Å². The van der Waals surface area contributed by atoms with Crippen molar-refractivity contribution in [1.29, 1.82) is 0 Å². The molecule has 0 radical (unpaired) electrons. The van der Waals surface area contributed by atoms with Crippen LogP contribution in [0.3, 0.4) is 0 Å². The number of benzene rings is 1. The van der Waals surface area contributed by atoms with E-state index in [0.717, 1.165) is 38.9 Å². The van der Waals surface area contributed by atoms with Crippen LogP contribution in [0.25, 0.3) is 0 Å². The Morgan fingerprint density at radius 3 is 2.44 bits per heavy atom. The van der Waals surface area contributed by atoms with E-state index in [-0.39, 0.29) is 30.3 Å². The van der Waals surface area contributed by atoms with E-state index < -0.39 is 6.04 Å².